The van der Waals surface area contributed by atoms with Gasteiger partial charge in [0.15, 0.2) is 0 Å². The van der Waals surface area contributed by atoms with Crippen LogP contribution in [0.2, 0.25) is 0 Å². The maximum Gasteiger partial charge on any atom is 0.0625 e. The van der Waals surface area contributed by atoms with Gasteiger partial charge in [0.1, 0.15) is 0 Å². The normalized spacial score (nSPS) is 24.8. The van der Waals surface area contributed by atoms with Crippen LogP contribution in [0.15, 0.2) is 6.07 Å². The number of hydrogen-bond donors (Lipinski definition) is 1. The number of nitrogens with one attached hydrogen (secondary N) is 1. The fraction of sp³-hybridized carbons (Fsp3) is 0.824. The Balaban J connectivity index is 1.83. The molecule has 2 aliphatic rings. The molecule has 4 nitrogen and oxygen atoms in total. The molecule has 1 saturated carbocycles. The first-order chi connectivity index (χ1) is 9.94. The summed E-state index contributed by atoms with van der Waals surface area (Å²) in [6.45, 7) is 10.1. The third-order valence-electron chi connectivity index (χ3n) is 5.43. The highest BCUT2D eigenvalue weighted by atomic mass is 15.3. The molecule has 2 fully saturated rings. The van der Waals surface area contributed by atoms with E-state index in [1.54, 1.807) is 0 Å². The van der Waals surface area contributed by atoms with Crippen LogP contribution in [0.5, 0.6) is 0 Å². The van der Waals surface area contributed by atoms with Crippen LogP contribution in [0.1, 0.15) is 57.8 Å². The Morgan fingerprint density at radius 2 is 2.00 bits per heavy atom. The van der Waals surface area contributed by atoms with Crippen molar-refractivity contribution in [1.29, 1.82) is 0 Å². The van der Waals surface area contributed by atoms with Crippen LogP contribution >= 0.6 is 0 Å². The van der Waals surface area contributed by atoms with Gasteiger partial charge in [-0.05, 0) is 39.2 Å². The number of hydrogen-bond acceptors (Lipinski definition) is 3. The van der Waals surface area contributed by atoms with E-state index in [-0.39, 0.29) is 5.54 Å². The summed E-state index contributed by atoms with van der Waals surface area (Å²) < 4.78 is 2.08. The van der Waals surface area contributed by atoms with Crippen LogP contribution in [-0.4, -0.2) is 38.8 Å². The van der Waals surface area contributed by atoms with Crippen LogP contribution in [0.25, 0.3) is 0 Å². The highest BCUT2D eigenvalue weighted by Gasteiger charge is 2.45. The molecule has 1 saturated heterocycles. The van der Waals surface area contributed by atoms with E-state index in [0.717, 1.165) is 26.1 Å². The molecule has 21 heavy (non-hydrogen) atoms. The van der Waals surface area contributed by atoms with Crippen LogP contribution in [0.4, 0.5) is 0 Å². The standard InChI is InChI=1S/C17H30N4/c1-5-14-10-15(20(4)19-14)11-21-13-16(2,3)18-12-17(21)8-6-7-9-17/h10,18H,5-9,11-13H2,1-4H3. The maximum absolute atomic E-state index is 4.62. The van der Waals surface area contributed by atoms with E-state index in [4.69, 9.17) is 0 Å². The molecule has 2 heterocycles. The molecule has 0 aromatic carbocycles. The van der Waals surface area contributed by atoms with Gasteiger partial charge in [0, 0.05) is 37.8 Å². The molecule has 3 rings (SSSR count). The second-order valence-electron chi connectivity index (χ2n) is 7.63. The van der Waals surface area contributed by atoms with Crippen LogP contribution in [0.3, 0.4) is 0 Å². The molecule has 1 spiro atoms. The Labute approximate surface area is 128 Å². The first kappa shape index (κ1) is 15.0. The molecular weight excluding hydrogens is 260 g/mol. The lowest BCUT2D eigenvalue weighted by molar-refractivity contribution is 0.0105. The van der Waals surface area contributed by atoms with Gasteiger partial charge in [0.05, 0.1) is 11.4 Å². The third-order valence-corrected chi connectivity index (χ3v) is 5.43. The zero-order valence-corrected chi connectivity index (χ0v) is 14.1. The Bertz CT molecular complexity index is 497. The lowest BCUT2D eigenvalue weighted by Gasteiger charge is -2.51. The van der Waals surface area contributed by atoms with Crippen LogP contribution < -0.4 is 5.32 Å². The lowest BCUT2D eigenvalue weighted by atomic mass is 9.87. The summed E-state index contributed by atoms with van der Waals surface area (Å²) in [6.07, 6.45) is 6.46. The number of nitrogens with zero attached hydrogens (tertiary/aromatic N) is 3. The van der Waals surface area contributed by atoms with E-state index in [9.17, 15) is 0 Å². The fourth-order valence-electron chi connectivity index (χ4n) is 4.05. The van der Waals surface area contributed by atoms with Gasteiger partial charge in [-0.1, -0.05) is 19.8 Å². The molecule has 0 amide bonds. The minimum Gasteiger partial charge on any atom is -0.309 e. The molecule has 0 unspecified atom stereocenters. The summed E-state index contributed by atoms with van der Waals surface area (Å²) in [7, 11) is 2.09. The molecular formula is C17H30N4. The average Bonchev–Trinajstić information content (AvgIpc) is 3.03. The second kappa shape index (κ2) is 5.40. The molecule has 1 aromatic rings. The quantitative estimate of drug-likeness (QED) is 0.928. The molecule has 4 heteroatoms. The predicted molar refractivity (Wildman–Crippen MR) is 86.3 cm³/mol. The van der Waals surface area contributed by atoms with Gasteiger partial charge in [0.2, 0.25) is 0 Å². The second-order valence-corrected chi connectivity index (χ2v) is 7.63. The maximum atomic E-state index is 4.62. The molecule has 0 bridgehead atoms. The van der Waals surface area contributed by atoms with Crippen molar-refractivity contribution in [3.8, 4) is 0 Å². The Morgan fingerprint density at radius 1 is 1.29 bits per heavy atom. The van der Waals surface area contributed by atoms with Gasteiger partial charge in [-0.25, -0.2) is 0 Å². The van der Waals surface area contributed by atoms with Gasteiger partial charge in [-0.15, -0.1) is 0 Å². The predicted octanol–water partition coefficient (Wildman–Crippen LogP) is 2.48. The highest BCUT2D eigenvalue weighted by molar-refractivity contribution is 5.13. The number of piperazine rings is 1. The summed E-state index contributed by atoms with van der Waals surface area (Å²) in [4.78, 5) is 2.74. The van der Waals surface area contributed by atoms with Gasteiger partial charge < -0.3 is 5.32 Å². The van der Waals surface area contributed by atoms with Crippen molar-refractivity contribution in [2.24, 2.45) is 7.05 Å². The highest BCUT2D eigenvalue weighted by Crippen LogP contribution is 2.39. The minimum absolute atomic E-state index is 0.208. The fourth-order valence-corrected chi connectivity index (χ4v) is 4.05. The largest absolute Gasteiger partial charge is 0.309 e. The number of aromatic nitrogens is 2. The zero-order chi connectivity index (χ0) is 15.1. The van der Waals surface area contributed by atoms with Gasteiger partial charge in [-0.3, -0.25) is 9.58 Å². The first-order valence-corrected chi connectivity index (χ1v) is 8.46. The van der Waals surface area contributed by atoms with Crippen molar-refractivity contribution in [2.45, 2.75) is 70.5 Å². The molecule has 118 valence electrons. The van der Waals surface area contributed by atoms with Crippen LogP contribution in [0, 0.1) is 0 Å². The van der Waals surface area contributed by atoms with E-state index < -0.39 is 0 Å². The number of rotatable bonds is 3. The number of aryl methyl sites for hydroxylation is 2. The Morgan fingerprint density at radius 3 is 2.62 bits per heavy atom. The van der Waals surface area contributed by atoms with E-state index in [1.165, 1.54) is 37.1 Å². The van der Waals surface area contributed by atoms with E-state index in [1.807, 2.05) is 0 Å². The smallest absolute Gasteiger partial charge is 0.0625 e. The van der Waals surface area contributed by atoms with Crippen molar-refractivity contribution < 1.29 is 0 Å². The van der Waals surface area contributed by atoms with Gasteiger partial charge in [0.25, 0.3) is 0 Å². The first-order valence-electron chi connectivity index (χ1n) is 8.46. The molecule has 1 aliphatic heterocycles. The van der Waals surface area contributed by atoms with E-state index in [0.29, 0.717) is 5.54 Å². The molecule has 0 radical (unpaired) electrons. The van der Waals surface area contributed by atoms with Crippen LogP contribution in [-0.2, 0) is 20.0 Å². The SMILES string of the molecule is CCc1cc(CN2CC(C)(C)NCC23CCCC3)n(C)n1. The monoisotopic (exact) mass is 290 g/mol. The summed E-state index contributed by atoms with van der Waals surface area (Å²) in [6, 6.07) is 2.29. The van der Waals surface area contributed by atoms with Crippen molar-refractivity contribution in [2.75, 3.05) is 13.1 Å². The Kier molecular flexibility index (Phi) is 3.87. The van der Waals surface area contributed by atoms with Gasteiger partial charge in [-0.2, -0.15) is 5.10 Å². The average molecular weight is 290 g/mol. The Hall–Kier alpha value is -0.870. The van der Waals surface area contributed by atoms with Crippen molar-refractivity contribution in [3.63, 3.8) is 0 Å². The van der Waals surface area contributed by atoms with Crippen molar-refractivity contribution in [1.82, 2.24) is 20.0 Å². The summed E-state index contributed by atoms with van der Waals surface area (Å²) >= 11 is 0. The molecule has 1 aromatic heterocycles. The zero-order valence-electron chi connectivity index (χ0n) is 14.1. The summed E-state index contributed by atoms with van der Waals surface area (Å²) in [5, 5.41) is 8.39. The van der Waals surface area contributed by atoms with E-state index >= 15 is 0 Å². The molecule has 0 atom stereocenters. The van der Waals surface area contributed by atoms with Gasteiger partial charge >= 0.3 is 0 Å². The van der Waals surface area contributed by atoms with Crippen molar-refractivity contribution in [3.05, 3.63) is 17.5 Å². The molecule has 1 aliphatic carbocycles. The minimum atomic E-state index is 0.208. The lowest BCUT2D eigenvalue weighted by Crippen LogP contribution is -2.67. The van der Waals surface area contributed by atoms with Crippen molar-refractivity contribution >= 4 is 0 Å². The van der Waals surface area contributed by atoms with E-state index in [2.05, 4.69) is 53.9 Å². The topological polar surface area (TPSA) is 33.1 Å². The summed E-state index contributed by atoms with van der Waals surface area (Å²) in [5.74, 6) is 0. The third kappa shape index (κ3) is 2.88. The molecule has 1 N–H and O–H groups in total. The summed E-state index contributed by atoms with van der Waals surface area (Å²) in [5.41, 5.74) is 3.16.